The van der Waals surface area contributed by atoms with Crippen molar-refractivity contribution in [3.8, 4) is 17.2 Å². The maximum Gasteiger partial charge on any atom is 0.258 e. The van der Waals surface area contributed by atoms with Gasteiger partial charge in [-0.25, -0.2) is 9.29 Å². The van der Waals surface area contributed by atoms with Crippen LogP contribution in [0.25, 0.3) is 0 Å². The van der Waals surface area contributed by atoms with Crippen LogP contribution in [0.2, 0.25) is 0 Å². The zero-order valence-electron chi connectivity index (χ0n) is 23.6. The van der Waals surface area contributed by atoms with Crippen molar-refractivity contribution in [3.05, 3.63) is 59.4 Å². The molecule has 1 N–H and O–H groups in total. The fourth-order valence-corrected chi connectivity index (χ4v) is 8.35. The first-order chi connectivity index (χ1) is 20.4. The number of rotatable bonds is 6. The van der Waals surface area contributed by atoms with E-state index in [1.54, 1.807) is 0 Å². The number of amides is 4. The summed E-state index contributed by atoms with van der Waals surface area (Å²) in [5.41, 5.74) is 0.878. The van der Waals surface area contributed by atoms with Gasteiger partial charge in [-0.3, -0.25) is 24.1 Å². The molecule has 1 saturated carbocycles. The number of phenols is 1. The second-order valence-electron chi connectivity index (χ2n) is 11.3. The Labute approximate surface area is 257 Å². The van der Waals surface area contributed by atoms with E-state index in [0.29, 0.717) is 12.0 Å². The molecule has 2 aliphatic carbocycles. The Kier molecular flexibility index (Phi) is 7.01. The van der Waals surface area contributed by atoms with Crippen molar-refractivity contribution in [1.82, 2.24) is 4.90 Å². The fourth-order valence-electron chi connectivity index (χ4n) is 7.43. The molecule has 12 heteroatoms. The van der Waals surface area contributed by atoms with E-state index in [2.05, 4.69) is 0 Å². The zero-order valence-corrected chi connectivity index (χ0v) is 25.1. The van der Waals surface area contributed by atoms with Crippen LogP contribution in [0.4, 0.5) is 10.1 Å². The van der Waals surface area contributed by atoms with Gasteiger partial charge in [0.15, 0.2) is 9.75 Å². The van der Waals surface area contributed by atoms with Gasteiger partial charge in [-0.05, 0) is 49.4 Å². The van der Waals surface area contributed by atoms with E-state index >= 15 is 0 Å². The van der Waals surface area contributed by atoms with Crippen molar-refractivity contribution >= 4 is 52.5 Å². The number of halogens is 3. The smallest absolute Gasteiger partial charge is 0.258 e. The standard InChI is InChI=1S/C31H29Cl2FN2O7/c1-4-11-35-26(38)19-10-9-18-20(23(19)27(35)39)14-30(32)28(40)36(16-7-5-15(34)6-8-16)29(41)31(30,33)25(18)24-21(42-2)12-17(37)13-22(24)43-3/h5-9,12-13,19-20,23,25,37H,4,10-11,14H2,1-3H3. The van der Waals surface area contributed by atoms with Crippen molar-refractivity contribution in [2.75, 3.05) is 25.7 Å². The van der Waals surface area contributed by atoms with Crippen LogP contribution in [0.3, 0.4) is 0 Å². The molecule has 3 fully saturated rings. The highest BCUT2D eigenvalue weighted by Gasteiger charge is 2.77. The van der Waals surface area contributed by atoms with E-state index in [4.69, 9.17) is 32.7 Å². The number of alkyl halides is 2. The van der Waals surface area contributed by atoms with Gasteiger partial charge in [-0.2, -0.15) is 0 Å². The topological polar surface area (TPSA) is 113 Å². The van der Waals surface area contributed by atoms with Gasteiger partial charge in [0.2, 0.25) is 11.8 Å². The maximum atomic E-state index is 14.5. The molecule has 2 saturated heterocycles. The molecule has 9 nitrogen and oxygen atoms in total. The van der Waals surface area contributed by atoms with Gasteiger partial charge in [0.1, 0.15) is 23.1 Å². The van der Waals surface area contributed by atoms with E-state index in [-0.39, 0.29) is 59.7 Å². The normalized spacial score (nSPS) is 31.5. The lowest BCUT2D eigenvalue weighted by molar-refractivity contribution is -0.140. The molecule has 4 aliphatic rings. The summed E-state index contributed by atoms with van der Waals surface area (Å²) >= 11 is 14.8. The molecule has 43 heavy (non-hydrogen) atoms. The first kappa shape index (κ1) is 29.4. The number of benzene rings is 2. The number of likely N-dealkylation sites (tertiary alicyclic amines) is 1. The summed E-state index contributed by atoms with van der Waals surface area (Å²) in [4.78, 5) is 53.8. The Balaban J connectivity index is 1.61. The van der Waals surface area contributed by atoms with Gasteiger partial charge in [0, 0.05) is 30.2 Å². The Hall–Kier alpha value is -3.63. The van der Waals surface area contributed by atoms with Gasteiger partial charge in [0.05, 0.1) is 31.7 Å². The summed E-state index contributed by atoms with van der Waals surface area (Å²) < 4.78 is 25.1. The third-order valence-electron chi connectivity index (χ3n) is 9.25. The van der Waals surface area contributed by atoms with Crippen molar-refractivity contribution in [2.45, 2.75) is 41.9 Å². The van der Waals surface area contributed by atoms with Crippen LogP contribution in [-0.4, -0.2) is 64.1 Å². The lowest BCUT2D eigenvalue weighted by atomic mass is 9.56. The average molecular weight is 631 g/mol. The van der Waals surface area contributed by atoms with Gasteiger partial charge in [-0.1, -0.05) is 18.6 Å². The predicted octanol–water partition coefficient (Wildman–Crippen LogP) is 4.52. The molecule has 2 aromatic rings. The van der Waals surface area contributed by atoms with Crippen LogP contribution in [0.5, 0.6) is 17.2 Å². The van der Waals surface area contributed by atoms with Crippen LogP contribution in [-0.2, 0) is 19.2 Å². The lowest BCUT2D eigenvalue weighted by Crippen LogP contribution is -2.60. The maximum absolute atomic E-state index is 14.5. The molecule has 0 aromatic heterocycles. The number of hydrogen-bond donors (Lipinski definition) is 1. The summed E-state index contributed by atoms with van der Waals surface area (Å²) in [6.07, 6.45) is 2.40. The molecule has 2 heterocycles. The van der Waals surface area contributed by atoms with Crippen LogP contribution in [0.15, 0.2) is 48.0 Å². The number of phenolic OH excluding ortho intramolecular Hbond substituents is 1. The highest BCUT2D eigenvalue weighted by Crippen LogP contribution is 2.67. The van der Waals surface area contributed by atoms with Crippen LogP contribution >= 0.6 is 23.2 Å². The first-order valence-electron chi connectivity index (χ1n) is 14.0. The monoisotopic (exact) mass is 630 g/mol. The van der Waals surface area contributed by atoms with Gasteiger partial charge < -0.3 is 14.6 Å². The Morgan fingerprint density at radius 1 is 0.977 bits per heavy atom. The van der Waals surface area contributed by atoms with Crippen LogP contribution in [0.1, 0.15) is 37.7 Å². The number of allylic oxidation sites excluding steroid dienone is 2. The number of hydrogen-bond acceptors (Lipinski definition) is 7. The largest absolute Gasteiger partial charge is 0.508 e. The van der Waals surface area contributed by atoms with E-state index in [9.17, 15) is 28.7 Å². The molecule has 226 valence electrons. The summed E-state index contributed by atoms with van der Waals surface area (Å²) in [5.74, 6) is -6.22. The lowest BCUT2D eigenvalue weighted by Gasteiger charge is -2.51. The van der Waals surface area contributed by atoms with Gasteiger partial charge >= 0.3 is 0 Å². The molecular weight excluding hydrogens is 602 g/mol. The molecule has 6 atom stereocenters. The van der Waals surface area contributed by atoms with E-state index in [0.717, 1.165) is 17.0 Å². The minimum absolute atomic E-state index is 0.0744. The van der Waals surface area contributed by atoms with E-state index in [1.807, 2.05) is 13.0 Å². The van der Waals surface area contributed by atoms with Crippen LogP contribution < -0.4 is 14.4 Å². The number of nitrogens with zero attached hydrogens (tertiary/aromatic N) is 2. The number of aromatic hydroxyl groups is 1. The Morgan fingerprint density at radius 3 is 2.19 bits per heavy atom. The molecular formula is C31H29Cl2FN2O7. The Bertz CT molecular complexity index is 1570. The highest BCUT2D eigenvalue weighted by molar-refractivity contribution is 6.58. The molecule has 2 aromatic carbocycles. The SMILES string of the molecule is CCCN1C(=O)C2CC=C3C(CC4(Cl)C(=O)N(c5ccc(F)cc5)C(=O)C4(Cl)C3c3c(OC)cc(O)cc3OC)C2C1=O. The number of anilines is 1. The Morgan fingerprint density at radius 2 is 1.60 bits per heavy atom. The number of carbonyl (C=O) groups is 4. The number of fused-ring (bicyclic) bond motifs is 4. The van der Waals surface area contributed by atoms with E-state index < -0.39 is 51.1 Å². The fraction of sp³-hybridized carbons (Fsp3) is 0.419. The number of methoxy groups -OCH3 is 2. The molecule has 4 amide bonds. The zero-order chi connectivity index (χ0) is 31.0. The van der Waals surface area contributed by atoms with Crippen molar-refractivity contribution < 1.29 is 38.1 Å². The van der Waals surface area contributed by atoms with E-state index in [1.165, 1.54) is 43.4 Å². The van der Waals surface area contributed by atoms with Crippen LogP contribution in [0, 0.1) is 23.6 Å². The third-order valence-corrected chi connectivity index (χ3v) is 10.7. The highest BCUT2D eigenvalue weighted by atomic mass is 35.5. The van der Waals surface area contributed by atoms with Gasteiger partial charge in [-0.15, -0.1) is 23.2 Å². The quantitative estimate of drug-likeness (QED) is 0.284. The molecule has 6 unspecified atom stereocenters. The second kappa shape index (κ2) is 10.2. The molecule has 0 radical (unpaired) electrons. The van der Waals surface area contributed by atoms with Gasteiger partial charge in [0.25, 0.3) is 11.8 Å². The summed E-state index contributed by atoms with van der Waals surface area (Å²) in [6.45, 7) is 2.13. The molecule has 6 rings (SSSR count). The number of imide groups is 2. The number of carbonyl (C=O) groups excluding carboxylic acids is 4. The van der Waals surface area contributed by atoms with Crippen molar-refractivity contribution in [2.24, 2.45) is 17.8 Å². The first-order valence-corrected chi connectivity index (χ1v) is 14.7. The second-order valence-corrected chi connectivity index (χ2v) is 12.6. The van der Waals surface area contributed by atoms with Crippen molar-refractivity contribution in [3.63, 3.8) is 0 Å². The minimum atomic E-state index is -2.17. The van der Waals surface area contributed by atoms with Crippen molar-refractivity contribution in [1.29, 1.82) is 0 Å². The molecule has 2 aliphatic heterocycles. The minimum Gasteiger partial charge on any atom is -0.508 e. The average Bonchev–Trinajstić information content (AvgIpc) is 3.31. The summed E-state index contributed by atoms with van der Waals surface area (Å²) in [6, 6.07) is 7.45. The summed E-state index contributed by atoms with van der Waals surface area (Å²) in [7, 11) is 2.73. The third kappa shape index (κ3) is 3.88. The molecule has 0 bridgehead atoms. The summed E-state index contributed by atoms with van der Waals surface area (Å²) in [5, 5.41) is 10.4. The number of ether oxygens (including phenoxy) is 2. The molecule has 0 spiro atoms. The predicted molar refractivity (Wildman–Crippen MR) is 155 cm³/mol.